The smallest absolute Gasteiger partial charge is 0.171 e. The maximum Gasteiger partial charge on any atom is 0.389 e. The summed E-state index contributed by atoms with van der Waals surface area (Å²) in [7, 11) is 0. The Hall–Kier alpha value is -0.990. The van der Waals surface area contributed by atoms with E-state index in [2.05, 4.69) is 0 Å². The number of hydrogen-bond donors (Lipinski definition) is 0. The molecule has 0 N–H and O–H groups in total. The molecule has 0 saturated carbocycles. The highest BCUT2D eigenvalue weighted by Gasteiger charge is 2.37. The van der Waals surface area contributed by atoms with Crippen LogP contribution in [0.4, 0.5) is 13.2 Å². The second-order valence-electron chi connectivity index (χ2n) is 4.04. The lowest BCUT2D eigenvalue weighted by Crippen LogP contribution is -2.26. The summed E-state index contributed by atoms with van der Waals surface area (Å²) in [6.45, 7) is 3.21. The molecule has 0 aliphatic rings. The van der Waals surface area contributed by atoms with Crippen molar-refractivity contribution in [2.24, 2.45) is 0 Å². The highest BCUT2D eigenvalue weighted by Crippen LogP contribution is 2.35. The maximum atomic E-state index is 12.2. The van der Waals surface area contributed by atoms with Gasteiger partial charge in [0, 0.05) is 0 Å². The Balaban J connectivity index is 2.86. The molecule has 0 nitrogen and oxygen atoms in total. The van der Waals surface area contributed by atoms with E-state index in [4.69, 9.17) is 0 Å². The van der Waals surface area contributed by atoms with Crippen LogP contribution in [-0.4, -0.2) is 6.18 Å². The number of benzene rings is 1. The van der Waals surface area contributed by atoms with E-state index >= 15 is 0 Å². The summed E-state index contributed by atoms with van der Waals surface area (Å²) in [5, 5.41) is 0. The number of alkyl halides is 3. The van der Waals surface area contributed by atoms with Crippen molar-refractivity contribution in [2.45, 2.75) is 31.9 Å². The van der Waals surface area contributed by atoms with Crippen LogP contribution in [-0.2, 0) is 5.41 Å². The summed E-state index contributed by atoms with van der Waals surface area (Å²) in [6, 6.07) is 8.77. The monoisotopic (exact) mass is 202 g/mol. The largest absolute Gasteiger partial charge is 0.389 e. The molecule has 1 aromatic rings. The van der Waals surface area contributed by atoms with Crippen molar-refractivity contribution in [3.63, 3.8) is 0 Å². The second kappa shape index (κ2) is 3.64. The van der Waals surface area contributed by atoms with Gasteiger partial charge in [0.05, 0.1) is 6.42 Å². The summed E-state index contributed by atoms with van der Waals surface area (Å²) in [5.74, 6) is 0. The Morgan fingerprint density at radius 1 is 1.00 bits per heavy atom. The van der Waals surface area contributed by atoms with Crippen LogP contribution in [0.5, 0.6) is 0 Å². The van der Waals surface area contributed by atoms with Crippen molar-refractivity contribution < 1.29 is 13.2 Å². The zero-order valence-corrected chi connectivity index (χ0v) is 8.23. The first kappa shape index (κ1) is 11.1. The highest BCUT2D eigenvalue weighted by molar-refractivity contribution is 5.23. The van der Waals surface area contributed by atoms with E-state index in [0.29, 0.717) is 0 Å². The first-order chi connectivity index (χ1) is 6.31. The third-order valence-corrected chi connectivity index (χ3v) is 2.20. The molecule has 78 valence electrons. The average Bonchev–Trinajstić information content (AvgIpc) is 2.01. The van der Waals surface area contributed by atoms with Gasteiger partial charge in [0.1, 0.15) is 0 Å². The molecule has 0 aliphatic carbocycles. The number of hydrogen-bond acceptors (Lipinski definition) is 0. The molecule has 0 heterocycles. The zero-order chi connectivity index (χ0) is 10.8. The van der Waals surface area contributed by atoms with Crippen LogP contribution in [0.2, 0.25) is 0 Å². The standard InChI is InChI=1S/C11H13F3/c1-10(2,8-11(12,13)14)9-6-4-3-5-7-9/h3-7H,8H2,1-2H3. The normalized spacial score (nSPS) is 12.9. The molecule has 14 heavy (non-hydrogen) atoms. The Kier molecular flexibility index (Phi) is 2.88. The minimum Gasteiger partial charge on any atom is -0.171 e. The van der Waals surface area contributed by atoms with E-state index in [0.717, 1.165) is 5.56 Å². The lowest BCUT2D eigenvalue weighted by atomic mass is 9.81. The lowest BCUT2D eigenvalue weighted by molar-refractivity contribution is -0.145. The highest BCUT2D eigenvalue weighted by atomic mass is 19.4. The Bertz CT molecular complexity index is 285. The van der Waals surface area contributed by atoms with E-state index in [1.165, 1.54) is 0 Å². The van der Waals surface area contributed by atoms with Crippen molar-refractivity contribution in [3.8, 4) is 0 Å². The van der Waals surface area contributed by atoms with Gasteiger partial charge < -0.3 is 0 Å². The topological polar surface area (TPSA) is 0 Å². The van der Waals surface area contributed by atoms with E-state index in [1.807, 2.05) is 0 Å². The Labute approximate surface area is 81.8 Å². The average molecular weight is 202 g/mol. The van der Waals surface area contributed by atoms with Gasteiger partial charge in [-0.1, -0.05) is 44.2 Å². The van der Waals surface area contributed by atoms with Crippen LogP contribution in [0.1, 0.15) is 25.8 Å². The summed E-state index contributed by atoms with van der Waals surface area (Å²) >= 11 is 0. The fraction of sp³-hybridized carbons (Fsp3) is 0.455. The van der Waals surface area contributed by atoms with Crippen LogP contribution in [0, 0.1) is 0 Å². The molecule has 0 aromatic heterocycles. The zero-order valence-electron chi connectivity index (χ0n) is 8.23. The van der Waals surface area contributed by atoms with Crippen LogP contribution in [0.15, 0.2) is 30.3 Å². The molecule has 1 rings (SSSR count). The second-order valence-corrected chi connectivity index (χ2v) is 4.04. The van der Waals surface area contributed by atoms with Crippen molar-refractivity contribution in [2.75, 3.05) is 0 Å². The number of halogens is 3. The molecule has 0 unspecified atom stereocenters. The predicted molar refractivity (Wildman–Crippen MR) is 50.1 cm³/mol. The van der Waals surface area contributed by atoms with Crippen LogP contribution in [0.25, 0.3) is 0 Å². The third kappa shape index (κ3) is 3.05. The van der Waals surface area contributed by atoms with E-state index in [9.17, 15) is 13.2 Å². The summed E-state index contributed by atoms with van der Waals surface area (Å²) in [4.78, 5) is 0. The molecule has 0 fully saturated rings. The fourth-order valence-corrected chi connectivity index (χ4v) is 1.49. The maximum absolute atomic E-state index is 12.2. The predicted octanol–water partition coefficient (Wildman–Crippen LogP) is 3.92. The summed E-state index contributed by atoms with van der Waals surface area (Å²) in [5.41, 5.74) is -0.128. The molecule has 0 aliphatic heterocycles. The van der Waals surface area contributed by atoms with Gasteiger partial charge in [-0.2, -0.15) is 13.2 Å². The van der Waals surface area contributed by atoms with Gasteiger partial charge in [-0.3, -0.25) is 0 Å². The van der Waals surface area contributed by atoms with Gasteiger partial charge in [-0.15, -0.1) is 0 Å². The Morgan fingerprint density at radius 2 is 1.50 bits per heavy atom. The molecule has 3 heteroatoms. The number of rotatable bonds is 2. The van der Waals surface area contributed by atoms with Crippen molar-refractivity contribution >= 4 is 0 Å². The summed E-state index contributed by atoms with van der Waals surface area (Å²) < 4.78 is 36.7. The van der Waals surface area contributed by atoms with E-state index in [1.54, 1.807) is 44.2 Å². The fourth-order valence-electron chi connectivity index (χ4n) is 1.49. The first-order valence-electron chi connectivity index (χ1n) is 4.43. The van der Waals surface area contributed by atoms with Gasteiger partial charge in [-0.05, 0) is 11.0 Å². The molecule has 0 atom stereocenters. The quantitative estimate of drug-likeness (QED) is 0.681. The third-order valence-electron chi connectivity index (χ3n) is 2.20. The van der Waals surface area contributed by atoms with Gasteiger partial charge >= 0.3 is 6.18 Å². The van der Waals surface area contributed by atoms with Crippen LogP contribution < -0.4 is 0 Å². The minimum atomic E-state index is -4.11. The van der Waals surface area contributed by atoms with Gasteiger partial charge in [-0.25, -0.2) is 0 Å². The van der Waals surface area contributed by atoms with Crippen molar-refractivity contribution in [3.05, 3.63) is 35.9 Å². The molecule has 0 saturated heterocycles. The molecule has 0 spiro atoms. The molecular formula is C11H13F3. The van der Waals surface area contributed by atoms with Gasteiger partial charge in [0.25, 0.3) is 0 Å². The van der Waals surface area contributed by atoms with Gasteiger partial charge in [0.15, 0.2) is 0 Å². The molecule has 1 aromatic carbocycles. The Morgan fingerprint density at radius 3 is 1.93 bits per heavy atom. The molecule has 0 bridgehead atoms. The van der Waals surface area contributed by atoms with Gasteiger partial charge in [0.2, 0.25) is 0 Å². The first-order valence-corrected chi connectivity index (χ1v) is 4.43. The van der Waals surface area contributed by atoms with Crippen LogP contribution >= 0.6 is 0 Å². The molecule has 0 amide bonds. The van der Waals surface area contributed by atoms with Crippen LogP contribution in [0.3, 0.4) is 0 Å². The van der Waals surface area contributed by atoms with E-state index in [-0.39, 0.29) is 0 Å². The SMILES string of the molecule is CC(C)(CC(F)(F)F)c1ccccc1. The van der Waals surface area contributed by atoms with Crippen molar-refractivity contribution in [1.29, 1.82) is 0 Å². The molecular weight excluding hydrogens is 189 g/mol. The van der Waals surface area contributed by atoms with E-state index < -0.39 is 18.0 Å². The summed E-state index contributed by atoms with van der Waals surface area (Å²) in [6.07, 6.45) is -4.90. The minimum absolute atomic E-state index is 0.720. The lowest BCUT2D eigenvalue weighted by Gasteiger charge is -2.26. The molecule has 0 radical (unpaired) electrons. The van der Waals surface area contributed by atoms with Crippen molar-refractivity contribution in [1.82, 2.24) is 0 Å².